The molecule has 0 bridgehead atoms. The molecule has 0 radical (unpaired) electrons. The maximum Gasteiger partial charge on any atom is 0.307 e. The predicted octanol–water partition coefficient (Wildman–Crippen LogP) is 3.77. The molecule has 1 aliphatic heterocycles. The van der Waals surface area contributed by atoms with Crippen LogP contribution in [-0.4, -0.2) is 41.5 Å². The number of aryl methyl sites for hydroxylation is 1. The number of nitrogens with one attached hydrogen (secondary N) is 1. The molecule has 2 N–H and O–H groups in total. The largest absolute Gasteiger partial charge is 0.481 e. The minimum absolute atomic E-state index is 0.148. The van der Waals surface area contributed by atoms with Crippen molar-refractivity contribution in [2.45, 2.75) is 20.3 Å². The minimum atomic E-state index is -0.791. The Morgan fingerprint density at radius 2 is 1.89 bits per heavy atom. The standard InChI is InChI=1S/C22H26N2O4/c1-15-4-3-5-20(11-15)28-19-8-6-18(7-9-19)23-21(25)14-24-12-16(2)10-17(13-24)22(26)27/h3-9,11,16-17H,10,12-14H2,1-2H3,(H,23,25)(H,26,27). The van der Waals surface area contributed by atoms with E-state index in [2.05, 4.69) is 5.32 Å². The van der Waals surface area contributed by atoms with Gasteiger partial charge >= 0.3 is 5.97 Å². The summed E-state index contributed by atoms with van der Waals surface area (Å²) < 4.78 is 5.81. The molecule has 28 heavy (non-hydrogen) atoms. The molecule has 2 aromatic rings. The van der Waals surface area contributed by atoms with Crippen LogP contribution in [0.4, 0.5) is 5.69 Å². The van der Waals surface area contributed by atoms with Crippen molar-refractivity contribution in [3.8, 4) is 11.5 Å². The molecule has 2 unspecified atom stereocenters. The topological polar surface area (TPSA) is 78.9 Å². The number of rotatable bonds is 6. The van der Waals surface area contributed by atoms with Crippen LogP contribution in [0.3, 0.4) is 0 Å². The Morgan fingerprint density at radius 1 is 1.14 bits per heavy atom. The third-order valence-corrected chi connectivity index (χ3v) is 4.82. The lowest BCUT2D eigenvalue weighted by atomic mass is 9.90. The van der Waals surface area contributed by atoms with Crippen molar-refractivity contribution in [1.82, 2.24) is 4.90 Å². The molecular formula is C22H26N2O4. The minimum Gasteiger partial charge on any atom is -0.481 e. The van der Waals surface area contributed by atoms with Gasteiger partial charge in [-0.25, -0.2) is 0 Å². The first-order valence-electron chi connectivity index (χ1n) is 9.48. The van der Waals surface area contributed by atoms with Gasteiger partial charge in [0.1, 0.15) is 11.5 Å². The van der Waals surface area contributed by atoms with Gasteiger partial charge in [-0.3, -0.25) is 14.5 Å². The van der Waals surface area contributed by atoms with Crippen LogP contribution in [0.5, 0.6) is 11.5 Å². The highest BCUT2D eigenvalue weighted by molar-refractivity contribution is 5.92. The lowest BCUT2D eigenvalue weighted by Crippen LogP contribution is -2.45. The summed E-state index contributed by atoms with van der Waals surface area (Å²) in [6, 6.07) is 15.0. The van der Waals surface area contributed by atoms with Crippen molar-refractivity contribution in [2.24, 2.45) is 11.8 Å². The maximum absolute atomic E-state index is 12.3. The predicted molar refractivity (Wildman–Crippen MR) is 108 cm³/mol. The number of piperidine rings is 1. The molecule has 1 saturated heterocycles. The number of carboxylic acids is 1. The van der Waals surface area contributed by atoms with Crippen molar-refractivity contribution in [3.63, 3.8) is 0 Å². The Bertz CT molecular complexity index is 835. The molecule has 1 heterocycles. The summed E-state index contributed by atoms with van der Waals surface area (Å²) in [5, 5.41) is 12.1. The molecule has 0 spiro atoms. The van der Waals surface area contributed by atoms with Crippen molar-refractivity contribution < 1.29 is 19.4 Å². The number of nitrogens with zero attached hydrogens (tertiary/aromatic N) is 1. The van der Waals surface area contributed by atoms with Crippen LogP contribution in [0.15, 0.2) is 48.5 Å². The third-order valence-electron chi connectivity index (χ3n) is 4.82. The molecule has 0 aromatic heterocycles. The van der Waals surface area contributed by atoms with Crippen LogP contribution in [0.25, 0.3) is 0 Å². The number of hydrogen-bond acceptors (Lipinski definition) is 4. The zero-order valence-electron chi connectivity index (χ0n) is 16.2. The van der Waals surface area contributed by atoms with Gasteiger partial charge in [-0.05, 0) is 61.2 Å². The number of carbonyl (C=O) groups is 2. The Labute approximate surface area is 165 Å². The van der Waals surface area contributed by atoms with Crippen LogP contribution < -0.4 is 10.1 Å². The lowest BCUT2D eigenvalue weighted by molar-refractivity contribution is -0.144. The van der Waals surface area contributed by atoms with Crippen molar-refractivity contribution in [3.05, 3.63) is 54.1 Å². The smallest absolute Gasteiger partial charge is 0.307 e. The number of likely N-dealkylation sites (tertiary alicyclic amines) is 1. The van der Waals surface area contributed by atoms with Gasteiger partial charge in [0.15, 0.2) is 0 Å². The average molecular weight is 382 g/mol. The van der Waals surface area contributed by atoms with Crippen LogP contribution in [0.2, 0.25) is 0 Å². The van der Waals surface area contributed by atoms with E-state index in [1.165, 1.54) is 0 Å². The zero-order valence-corrected chi connectivity index (χ0v) is 16.2. The van der Waals surface area contributed by atoms with Crippen LogP contribution in [0.1, 0.15) is 18.9 Å². The monoisotopic (exact) mass is 382 g/mol. The fourth-order valence-electron chi connectivity index (χ4n) is 3.59. The number of ether oxygens (including phenoxy) is 1. The van der Waals surface area contributed by atoms with E-state index in [1.807, 2.05) is 43.0 Å². The second kappa shape index (κ2) is 8.89. The number of anilines is 1. The highest BCUT2D eigenvalue weighted by Crippen LogP contribution is 2.24. The van der Waals surface area contributed by atoms with Crippen molar-refractivity contribution in [2.75, 3.05) is 25.0 Å². The average Bonchev–Trinajstić information content (AvgIpc) is 2.63. The molecule has 6 heteroatoms. The quantitative estimate of drug-likeness (QED) is 0.795. The van der Waals surface area contributed by atoms with Gasteiger partial charge in [-0.2, -0.15) is 0 Å². The lowest BCUT2D eigenvalue weighted by Gasteiger charge is -2.34. The number of amides is 1. The van der Waals surface area contributed by atoms with Gasteiger partial charge in [-0.1, -0.05) is 19.1 Å². The summed E-state index contributed by atoms with van der Waals surface area (Å²) in [7, 11) is 0. The summed E-state index contributed by atoms with van der Waals surface area (Å²) in [4.78, 5) is 25.5. The SMILES string of the molecule is Cc1cccc(Oc2ccc(NC(=O)CN3CC(C)CC(C(=O)O)C3)cc2)c1. The Kier molecular flexibility index (Phi) is 6.31. The van der Waals surface area contributed by atoms with E-state index in [0.717, 1.165) is 17.9 Å². The second-order valence-corrected chi connectivity index (χ2v) is 7.56. The van der Waals surface area contributed by atoms with E-state index in [1.54, 1.807) is 24.3 Å². The molecule has 1 aliphatic rings. The van der Waals surface area contributed by atoms with Crippen LogP contribution >= 0.6 is 0 Å². The fourth-order valence-corrected chi connectivity index (χ4v) is 3.59. The van der Waals surface area contributed by atoms with E-state index < -0.39 is 11.9 Å². The molecule has 2 aromatic carbocycles. The first-order chi connectivity index (χ1) is 13.4. The summed E-state index contributed by atoms with van der Waals surface area (Å²) in [5.74, 6) is 0.379. The van der Waals surface area contributed by atoms with Gasteiger partial charge in [0.25, 0.3) is 0 Å². The molecule has 1 amide bonds. The summed E-state index contributed by atoms with van der Waals surface area (Å²) in [5.41, 5.74) is 1.81. The van der Waals surface area contributed by atoms with E-state index >= 15 is 0 Å². The number of aliphatic carboxylic acids is 1. The summed E-state index contributed by atoms with van der Waals surface area (Å²) in [6.45, 7) is 5.37. The number of hydrogen-bond donors (Lipinski definition) is 2. The fraction of sp³-hybridized carbons (Fsp3) is 0.364. The second-order valence-electron chi connectivity index (χ2n) is 7.56. The van der Waals surface area contributed by atoms with E-state index in [-0.39, 0.29) is 18.4 Å². The van der Waals surface area contributed by atoms with E-state index in [9.17, 15) is 14.7 Å². The Morgan fingerprint density at radius 3 is 2.57 bits per heavy atom. The molecule has 2 atom stereocenters. The molecule has 0 saturated carbocycles. The molecule has 148 valence electrons. The van der Waals surface area contributed by atoms with Gasteiger partial charge in [-0.15, -0.1) is 0 Å². The molecule has 0 aliphatic carbocycles. The molecule has 1 fully saturated rings. The van der Waals surface area contributed by atoms with E-state index in [4.69, 9.17) is 4.74 Å². The van der Waals surface area contributed by atoms with Crippen molar-refractivity contribution in [1.29, 1.82) is 0 Å². The molecule has 3 rings (SSSR count). The highest BCUT2D eigenvalue weighted by atomic mass is 16.5. The first-order valence-corrected chi connectivity index (χ1v) is 9.48. The van der Waals surface area contributed by atoms with Gasteiger partial charge in [0.05, 0.1) is 12.5 Å². The van der Waals surface area contributed by atoms with Gasteiger partial charge < -0.3 is 15.2 Å². The van der Waals surface area contributed by atoms with Crippen LogP contribution in [0, 0.1) is 18.8 Å². The first kappa shape index (κ1) is 19.9. The van der Waals surface area contributed by atoms with Crippen LogP contribution in [-0.2, 0) is 9.59 Å². The molecule has 6 nitrogen and oxygen atoms in total. The van der Waals surface area contributed by atoms with Gasteiger partial charge in [0, 0.05) is 18.8 Å². The maximum atomic E-state index is 12.3. The number of benzene rings is 2. The molecular weight excluding hydrogens is 356 g/mol. The van der Waals surface area contributed by atoms with Crippen molar-refractivity contribution >= 4 is 17.6 Å². The third kappa shape index (κ3) is 5.57. The zero-order chi connectivity index (χ0) is 20.1. The Balaban J connectivity index is 1.53. The Hall–Kier alpha value is -2.86. The summed E-state index contributed by atoms with van der Waals surface area (Å²) >= 11 is 0. The van der Waals surface area contributed by atoms with E-state index in [0.29, 0.717) is 24.4 Å². The number of carboxylic acid groups (broad SMARTS) is 1. The highest BCUT2D eigenvalue weighted by Gasteiger charge is 2.30. The number of carbonyl (C=O) groups excluding carboxylic acids is 1. The summed E-state index contributed by atoms with van der Waals surface area (Å²) in [6.07, 6.45) is 0.663. The normalized spacial score (nSPS) is 19.8. The van der Waals surface area contributed by atoms with Gasteiger partial charge in [0.2, 0.25) is 5.91 Å².